The van der Waals surface area contributed by atoms with Crippen molar-refractivity contribution in [2.24, 2.45) is 5.73 Å². The highest BCUT2D eigenvalue weighted by Crippen LogP contribution is 2.14. The van der Waals surface area contributed by atoms with Crippen molar-refractivity contribution in [1.29, 1.82) is 0 Å². The van der Waals surface area contributed by atoms with E-state index in [-0.39, 0.29) is 6.04 Å². The Kier molecular flexibility index (Phi) is 3.64. The first-order valence-electron chi connectivity index (χ1n) is 6.19. The minimum Gasteiger partial charge on any atom is -0.346 e. The van der Waals surface area contributed by atoms with Crippen LogP contribution >= 0.6 is 0 Å². The molecule has 1 atom stereocenters. The third-order valence-electron chi connectivity index (χ3n) is 3.12. The summed E-state index contributed by atoms with van der Waals surface area (Å²) in [6, 6.07) is 13.0. The zero-order valence-corrected chi connectivity index (χ0v) is 10.6. The Bertz CT molecular complexity index is 466. The smallest absolute Gasteiger partial charge is 0.0473 e. The number of nitrogens with two attached hydrogens (primary N) is 1. The predicted molar refractivity (Wildman–Crippen MR) is 72.0 cm³/mol. The topological polar surface area (TPSA) is 30.9 Å². The van der Waals surface area contributed by atoms with Crippen LogP contribution in [0.5, 0.6) is 0 Å². The molecule has 17 heavy (non-hydrogen) atoms. The molecule has 1 heterocycles. The van der Waals surface area contributed by atoms with Crippen molar-refractivity contribution in [2.45, 2.75) is 32.9 Å². The predicted octanol–water partition coefficient (Wildman–Crippen LogP) is 3.12. The van der Waals surface area contributed by atoms with Gasteiger partial charge in [0.25, 0.3) is 0 Å². The Hall–Kier alpha value is -1.54. The number of aromatic nitrogens is 1. The minimum absolute atomic E-state index is 0.0833. The molecule has 0 bridgehead atoms. The van der Waals surface area contributed by atoms with Gasteiger partial charge in [-0.25, -0.2) is 0 Å². The zero-order valence-electron chi connectivity index (χ0n) is 10.6. The van der Waals surface area contributed by atoms with Gasteiger partial charge in [-0.2, -0.15) is 0 Å². The van der Waals surface area contributed by atoms with Gasteiger partial charge in [-0.05, 0) is 36.6 Å². The third-order valence-corrected chi connectivity index (χ3v) is 3.12. The van der Waals surface area contributed by atoms with Crippen molar-refractivity contribution < 1.29 is 0 Å². The Morgan fingerprint density at radius 1 is 1.12 bits per heavy atom. The summed E-state index contributed by atoms with van der Waals surface area (Å²) in [5.74, 6) is 0. The van der Waals surface area contributed by atoms with E-state index in [2.05, 4.69) is 54.1 Å². The molecule has 1 aromatic carbocycles. The van der Waals surface area contributed by atoms with Crippen molar-refractivity contribution in [3.05, 3.63) is 59.4 Å². The van der Waals surface area contributed by atoms with Gasteiger partial charge in [0.15, 0.2) is 0 Å². The summed E-state index contributed by atoms with van der Waals surface area (Å²) in [4.78, 5) is 0. The molecule has 0 fully saturated rings. The van der Waals surface area contributed by atoms with E-state index in [1.54, 1.807) is 0 Å². The van der Waals surface area contributed by atoms with Gasteiger partial charge < -0.3 is 10.3 Å². The molecular formula is C15H20N2. The van der Waals surface area contributed by atoms with Gasteiger partial charge in [-0.3, -0.25) is 0 Å². The Labute approximate surface area is 103 Å². The second kappa shape index (κ2) is 5.19. The molecule has 2 nitrogen and oxygen atoms in total. The second-order valence-corrected chi connectivity index (χ2v) is 4.52. The maximum atomic E-state index is 5.94. The second-order valence-electron chi connectivity index (χ2n) is 4.52. The summed E-state index contributed by atoms with van der Waals surface area (Å²) in [5, 5.41) is 0. The number of nitrogens with zero attached hydrogens (tertiary/aromatic N) is 1. The van der Waals surface area contributed by atoms with E-state index in [9.17, 15) is 0 Å². The van der Waals surface area contributed by atoms with E-state index in [1.165, 1.54) is 16.8 Å². The number of benzene rings is 1. The number of hydrogen-bond acceptors (Lipinski definition) is 1. The van der Waals surface area contributed by atoms with E-state index < -0.39 is 0 Å². The minimum atomic E-state index is 0.0833. The van der Waals surface area contributed by atoms with E-state index in [0.29, 0.717) is 0 Å². The first-order chi connectivity index (χ1) is 8.20. The van der Waals surface area contributed by atoms with Gasteiger partial charge in [-0.1, -0.05) is 31.2 Å². The fourth-order valence-corrected chi connectivity index (χ4v) is 2.06. The first-order valence-corrected chi connectivity index (χ1v) is 6.19. The Morgan fingerprint density at radius 3 is 2.35 bits per heavy atom. The SMILES string of the molecule is CCc1ccc(Cn2cccc2C(C)N)cc1. The van der Waals surface area contributed by atoms with Crippen molar-refractivity contribution in [3.8, 4) is 0 Å². The average molecular weight is 228 g/mol. The van der Waals surface area contributed by atoms with Gasteiger partial charge in [0, 0.05) is 24.5 Å². The zero-order chi connectivity index (χ0) is 12.3. The molecular weight excluding hydrogens is 208 g/mol. The molecule has 0 aliphatic heterocycles. The van der Waals surface area contributed by atoms with E-state index >= 15 is 0 Å². The Balaban J connectivity index is 2.16. The maximum absolute atomic E-state index is 5.94. The van der Waals surface area contributed by atoms with E-state index in [0.717, 1.165) is 13.0 Å². The van der Waals surface area contributed by atoms with Crippen LogP contribution in [0.25, 0.3) is 0 Å². The van der Waals surface area contributed by atoms with Crippen LogP contribution in [-0.2, 0) is 13.0 Å². The van der Waals surface area contributed by atoms with Gasteiger partial charge >= 0.3 is 0 Å². The maximum Gasteiger partial charge on any atom is 0.0473 e. The normalized spacial score (nSPS) is 12.6. The van der Waals surface area contributed by atoms with Gasteiger partial charge in [0.2, 0.25) is 0 Å². The number of rotatable bonds is 4. The van der Waals surface area contributed by atoms with Crippen LogP contribution in [0.1, 0.15) is 36.7 Å². The highest BCUT2D eigenvalue weighted by Gasteiger charge is 2.05. The average Bonchev–Trinajstić information content (AvgIpc) is 2.78. The number of hydrogen-bond donors (Lipinski definition) is 1. The lowest BCUT2D eigenvalue weighted by atomic mass is 10.1. The van der Waals surface area contributed by atoms with Crippen LogP contribution in [0, 0.1) is 0 Å². The summed E-state index contributed by atoms with van der Waals surface area (Å²) < 4.78 is 2.21. The monoisotopic (exact) mass is 228 g/mol. The van der Waals surface area contributed by atoms with Crippen molar-refractivity contribution >= 4 is 0 Å². The molecule has 0 spiro atoms. The summed E-state index contributed by atoms with van der Waals surface area (Å²) in [6.07, 6.45) is 3.18. The van der Waals surface area contributed by atoms with Crippen LogP contribution in [0.2, 0.25) is 0 Å². The molecule has 0 saturated heterocycles. The van der Waals surface area contributed by atoms with Crippen LogP contribution in [0.3, 0.4) is 0 Å². The van der Waals surface area contributed by atoms with Crippen LogP contribution in [0.4, 0.5) is 0 Å². The molecule has 0 amide bonds. The molecule has 2 rings (SSSR count). The summed E-state index contributed by atoms with van der Waals surface area (Å²) >= 11 is 0. The summed E-state index contributed by atoms with van der Waals surface area (Å²) in [5.41, 5.74) is 9.82. The van der Waals surface area contributed by atoms with Gasteiger partial charge in [-0.15, -0.1) is 0 Å². The van der Waals surface area contributed by atoms with Crippen molar-refractivity contribution in [3.63, 3.8) is 0 Å². The molecule has 1 unspecified atom stereocenters. The van der Waals surface area contributed by atoms with Crippen molar-refractivity contribution in [2.75, 3.05) is 0 Å². The standard InChI is InChI=1S/C15H20N2/c1-3-13-6-8-14(9-7-13)11-17-10-4-5-15(17)12(2)16/h4-10,12H,3,11,16H2,1-2H3. The first kappa shape index (κ1) is 11.9. The largest absolute Gasteiger partial charge is 0.346 e. The summed E-state index contributed by atoms with van der Waals surface area (Å²) in [7, 11) is 0. The van der Waals surface area contributed by atoms with E-state index in [4.69, 9.17) is 5.73 Å². The van der Waals surface area contributed by atoms with Crippen molar-refractivity contribution in [1.82, 2.24) is 4.57 Å². The van der Waals surface area contributed by atoms with Crippen LogP contribution in [0.15, 0.2) is 42.6 Å². The summed E-state index contributed by atoms with van der Waals surface area (Å²) in [6.45, 7) is 5.09. The van der Waals surface area contributed by atoms with Gasteiger partial charge in [0.05, 0.1) is 0 Å². The van der Waals surface area contributed by atoms with Crippen LogP contribution in [-0.4, -0.2) is 4.57 Å². The molecule has 0 aliphatic carbocycles. The molecule has 2 N–H and O–H groups in total. The molecule has 2 heteroatoms. The molecule has 0 aliphatic rings. The fraction of sp³-hybridized carbons (Fsp3) is 0.333. The lowest BCUT2D eigenvalue weighted by Gasteiger charge is -2.12. The lowest BCUT2D eigenvalue weighted by Crippen LogP contribution is -2.12. The van der Waals surface area contributed by atoms with Gasteiger partial charge in [0.1, 0.15) is 0 Å². The Morgan fingerprint density at radius 2 is 1.76 bits per heavy atom. The third kappa shape index (κ3) is 2.77. The van der Waals surface area contributed by atoms with Crippen LogP contribution < -0.4 is 5.73 Å². The molecule has 0 saturated carbocycles. The molecule has 90 valence electrons. The van der Waals surface area contributed by atoms with E-state index in [1.807, 2.05) is 6.92 Å². The fourth-order valence-electron chi connectivity index (χ4n) is 2.06. The number of aryl methyl sites for hydroxylation is 1. The highest BCUT2D eigenvalue weighted by atomic mass is 15.0. The quantitative estimate of drug-likeness (QED) is 0.856. The lowest BCUT2D eigenvalue weighted by molar-refractivity contribution is 0.675. The molecule has 2 aromatic rings. The highest BCUT2D eigenvalue weighted by molar-refractivity contribution is 5.24. The molecule has 0 radical (unpaired) electrons. The molecule has 1 aromatic heterocycles.